The van der Waals surface area contributed by atoms with Crippen molar-refractivity contribution in [3.63, 3.8) is 0 Å². The second-order valence-electron chi connectivity index (χ2n) is 2.73. The zero-order chi connectivity index (χ0) is 8.97. The zero-order valence-corrected chi connectivity index (χ0v) is 7.50. The molecule has 0 saturated carbocycles. The Kier molecular flexibility index (Phi) is 3.05. The molecule has 0 bridgehead atoms. The van der Waals surface area contributed by atoms with Crippen LogP contribution in [0.25, 0.3) is 0 Å². The molecule has 1 heterocycles. The van der Waals surface area contributed by atoms with E-state index < -0.39 is 0 Å². The molecule has 0 aliphatic carbocycles. The standard InChI is InChI=1S/C9H14N2O/c1-7-3-4-8(10)9(11-7)5-6-12-2/h3-4H,5-6,10H2,1-2H3. The minimum Gasteiger partial charge on any atom is -0.397 e. The first-order valence-electron chi connectivity index (χ1n) is 3.95. The van der Waals surface area contributed by atoms with Gasteiger partial charge in [0.2, 0.25) is 0 Å². The van der Waals surface area contributed by atoms with Gasteiger partial charge in [-0.15, -0.1) is 0 Å². The summed E-state index contributed by atoms with van der Waals surface area (Å²) >= 11 is 0. The lowest BCUT2D eigenvalue weighted by Crippen LogP contribution is -2.03. The zero-order valence-electron chi connectivity index (χ0n) is 7.50. The number of nitrogen functional groups attached to an aromatic ring is 1. The minimum atomic E-state index is 0.667. The number of aromatic nitrogens is 1. The summed E-state index contributed by atoms with van der Waals surface area (Å²) in [5.74, 6) is 0. The highest BCUT2D eigenvalue weighted by atomic mass is 16.5. The molecule has 1 aromatic rings. The molecule has 0 radical (unpaired) electrons. The first-order chi connectivity index (χ1) is 5.74. The molecule has 0 saturated heterocycles. The van der Waals surface area contributed by atoms with Crippen LogP contribution in [0.4, 0.5) is 5.69 Å². The molecule has 0 aliphatic heterocycles. The Hall–Kier alpha value is -1.09. The lowest BCUT2D eigenvalue weighted by atomic mass is 10.2. The molecule has 3 nitrogen and oxygen atoms in total. The van der Waals surface area contributed by atoms with Gasteiger partial charge >= 0.3 is 0 Å². The van der Waals surface area contributed by atoms with Crippen molar-refractivity contribution in [1.29, 1.82) is 0 Å². The number of hydrogen-bond donors (Lipinski definition) is 1. The fraction of sp³-hybridized carbons (Fsp3) is 0.444. The van der Waals surface area contributed by atoms with Crippen LogP contribution in [-0.4, -0.2) is 18.7 Å². The molecule has 0 unspecified atom stereocenters. The van der Waals surface area contributed by atoms with Gasteiger partial charge in [0.1, 0.15) is 0 Å². The van der Waals surface area contributed by atoms with E-state index in [1.165, 1.54) is 0 Å². The second-order valence-corrected chi connectivity index (χ2v) is 2.73. The van der Waals surface area contributed by atoms with Gasteiger partial charge in [-0.2, -0.15) is 0 Å². The van der Waals surface area contributed by atoms with E-state index in [1.54, 1.807) is 7.11 Å². The normalized spacial score (nSPS) is 10.2. The van der Waals surface area contributed by atoms with Crippen molar-refractivity contribution in [3.8, 4) is 0 Å². The number of anilines is 1. The van der Waals surface area contributed by atoms with E-state index in [0.717, 1.165) is 23.5 Å². The van der Waals surface area contributed by atoms with Gasteiger partial charge in [-0.1, -0.05) is 0 Å². The quantitative estimate of drug-likeness (QED) is 0.733. The lowest BCUT2D eigenvalue weighted by Gasteiger charge is -2.04. The van der Waals surface area contributed by atoms with Gasteiger partial charge in [-0.25, -0.2) is 0 Å². The summed E-state index contributed by atoms with van der Waals surface area (Å²) in [5, 5.41) is 0. The minimum absolute atomic E-state index is 0.667. The van der Waals surface area contributed by atoms with Crippen molar-refractivity contribution in [3.05, 3.63) is 23.5 Å². The highest BCUT2D eigenvalue weighted by Crippen LogP contribution is 2.09. The average molecular weight is 166 g/mol. The molecule has 0 aliphatic rings. The van der Waals surface area contributed by atoms with Gasteiger partial charge in [-0.05, 0) is 19.1 Å². The number of aryl methyl sites for hydroxylation is 1. The molecule has 1 rings (SSSR count). The van der Waals surface area contributed by atoms with Crippen LogP contribution in [-0.2, 0) is 11.2 Å². The molecule has 0 amide bonds. The molecular weight excluding hydrogens is 152 g/mol. The Balaban J connectivity index is 2.75. The first-order valence-corrected chi connectivity index (χ1v) is 3.95. The number of rotatable bonds is 3. The Bertz CT molecular complexity index is 261. The van der Waals surface area contributed by atoms with Gasteiger partial charge in [0.15, 0.2) is 0 Å². The van der Waals surface area contributed by atoms with Crippen molar-refractivity contribution in [2.75, 3.05) is 19.5 Å². The summed E-state index contributed by atoms with van der Waals surface area (Å²) in [6.07, 6.45) is 0.782. The van der Waals surface area contributed by atoms with E-state index >= 15 is 0 Å². The Morgan fingerprint density at radius 3 is 2.92 bits per heavy atom. The SMILES string of the molecule is COCCc1nc(C)ccc1N. The maximum Gasteiger partial charge on any atom is 0.0658 e. The number of ether oxygens (including phenoxy) is 1. The smallest absolute Gasteiger partial charge is 0.0658 e. The van der Waals surface area contributed by atoms with Crippen molar-refractivity contribution in [2.45, 2.75) is 13.3 Å². The van der Waals surface area contributed by atoms with Crippen LogP contribution in [0.3, 0.4) is 0 Å². The molecule has 2 N–H and O–H groups in total. The fourth-order valence-corrected chi connectivity index (χ4v) is 1.02. The lowest BCUT2D eigenvalue weighted by molar-refractivity contribution is 0.201. The van der Waals surface area contributed by atoms with Crippen molar-refractivity contribution >= 4 is 5.69 Å². The Morgan fingerprint density at radius 2 is 2.25 bits per heavy atom. The third-order valence-electron chi connectivity index (χ3n) is 1.69. The van der Waals surface area contributed by atoms with Crippen LogP contribution in [0, 0.1) is 6.92 Å². The van der Waals surface area contributed by atoms with E-state index in [0.29, 0.717) is 6.61 Å². The topological polar surface area (TPSA) is 48.1 Å². The van der Waals surface area contributed by atoms with Crippen LogP contribution < -0.4 is 5.73 Å². The van der Waals surface area contributed by atoms with Gasteiger partial charge in [-0.3, -0.25) is 4.98 Å². The van der Waals surface area contributed by atoms with E-state index in [-0.39, 0.29) is 0 Å². The van der Waals surface area contributed by atoms with E-state index in [2.05, 4.69) is 4.98 Å². The predicted molar refractivity (Wildman–Crippen MR) is 49.0 cm³/mol. The fourth-order valence-electron chi connectivity index (χ4n) is 1.02. The number of pyridine rings is 1. The van der Waals surface area contributed by atoms with Gasteiger partial charge in [0.05, 0.1) is 18.0 Å². The van der Waals surface area contributed by atoms with Crippen LogP contribution in [0.1, 0.15) is 11.4 Å². The monoisotopic (exact) mass is 166 g/mol. The van der Waals surface area contributed by atoms with Crippen molar-refractivity contribution < 1.29 is 4.74 Å². The summed E-state index contributed by atoms with van der Waals surface area (Å²) < 4.78 is 4.95. The molecule has 12 heavy (non-hydrogen) atoms. The van der Waals surface area contributed by atoms with Crippen molar-refractivity contribution in [2.24, 2.45) is 0 Å². The molecule has 0 aromatic carbocycles. The van der Waals surface area contributed by atoms with Crippen LogP contribution in [0.15, 0.2) is 12.1 Å². The van der Waals surface area contributed by atoms with Gasteiger partial charge in [0, 0.05) is 19.2 Å². The molecular formula is C9H14N2O. The third-order valence-corrected chi connectivity index (χ3v) is 1.69. The van der Waals surface area contributed by atoms with E-state index in [9.17, 15) is 0 Å². The number of nitrogens with zero attached hydrogens (tertiary/aromatic N) is 1. The van der Waals surface area contributed by atoms with Gasteiger partial charge < -0.3 is 10.5 Å². The highest BCUT2D eigenvalue weighted by molar-refractivity contribution is 5.43. The third kappa shape index (κ3) is 2.20. The number of methoxy groups -OCH3 is 1. The number of nitrogens with two attached hydrogens (primary N) is 1. The molecule has 1 aromatic heterocycles. The maximum atomic E-state index is 5.71. The van der Waals surface area contributed by atoms with Crippen molar-refractivity contribution in [1.82, 2.24) is 4.98 Å². The van der Waals surface area contributed by atoms with Gasteiger partial charge in [0.25, 0.3) is 0 Å². The Morgan fingerprint density at radius 1 is 1.50 bits per heavy atom. The second kappa shape index (κ2) is 4.07. The largest absolute Gasteiger partial charge is 0.397 e. The summed E-state index contributed by atoms with van der Waals surface area (Å²) in [6.45, 7) is 2.62. The summed E-state index contributed by atoms with van der Waals surface area (Å²) in [4.78, 5) is 4.31. The molecule has 3 heteroatoms. The summed E-state index contributed by atoms with van der Waals surface area (Å²) in [7, 11) is 1.67. The number of hydrogen-bond acceptors (Lipinski definition) is 3. The summed E-state index contributed by atoms with van der Waals surface area (Å²) in [5.41, 5.74) is 8.38. The summed E-state index contributed by atoms with van der Waals surface area (Å²) in [6, 6.07) is 3.79. The Labute approximate surface area is 72.6 Å². The van der Waals surface area contributed by atoms with E-state index in [1.807, 2.05) is 19.1 Å². The first kappa shape index (κ1) is 9.00. The molecule has 66 valence electrons. The van der Waals surface area contributed by atoms with Crippen LogP contribution in [0.5, 0.6) is 0 Å². The molecule has 0 spiro atoms. The highest BCUT2D eigenvalue weighted by Gasteiger charge is 1.99. The molecule has 0 fully saturated rings. The average Bonchev–Trinajstić information content (AvgIpc) is 2.07. The molecule has 0 atom stereocenters. The van der Waals surface area contributed by atoms with Crippen LogP contribution in [0.2, 0.25) is 0 Å². The maximum absolute atomic E-state index is 5.71. The predicted octanol–water partition coefficient (Wildman–Crippen LogP) is 1.16. The van der Waals surface area contributed by atoms with E-state index in [4.69, 9.17) is 10.5 Å². The van der Waals surface area contributed by atoms with Crippen LogP contribution >= 0.6 is 0 Å².